The molecule has 0 aliphatic heterocycles. The van der Waals surface area contributed by atoms with E-state index in [1.807, 2.05) is 11.9 Å². The molecule has 0 heterocycles. The van der Waals surface area contributed by atoms with E-state index in [-0.39, 0.29) is 21.5 Å². The number of likely N-dealkylation sites (N-methyl/N-ethyl adjacent to an activating group) is 1. The van der Waals surface area contributed by atoms with Gasteiger partial charge in [-0.15, -0.1) is 0 Å². The monoisotopic (exact) mass is 355 g/mol. The molecule has 0 saturated carbocycles. The van der Waals surface area contributed by atoms with Crippen LogP contribution in [0.5, 0.6) is 0 Å². The van der Waals surface area contributed by atoms with E-state index < -0.39 is 10.0 Å². The maximum Gasteiger partial charge on any atom is 0.243 e. The lowest BCUT2D eigenvalue weighted by Gasteiger charge is -2.17. The van der Waals surface area contributed by atoms with Gasteiger partial charge in [-0.3, -0.25) is 0 Å². The van der Waals surface area contributed by atoms with Crippen molar-refractivity contribution >= 4 is 38.9 Å². The number of ether oxygens (including phenoxy) is 1. The van der Waals surface area contributed by atoms with Crippen LogP contribution in [0.2, 0.25) is 10.0 Å². The second-order valence-corrected chi connectivity index (χ2v) is 7.03. The zero-order valence-electron chi connectivity index (χ0n) is 11.9. The molecule has 0 radical (unpaired) electrons. The lowest BCUT2D eigenvalue weighted by molar-refractivity contribution is 0.162. The highest BCUT2D eigenvalue weighted by atomic mass is 35.5. The normalized spacial score (nSPS) is 12.0. The first-order chi connectivity index (χ1) is 9.77. The first-order valence-corrected chi connectivity index (χ1v) is 8.43. The third-order valence-corrected chi connectivity index (χ3v) is 5.13. The zero-order valence-corrected chi connectivity index (χ0v) is 14.2. The van der Waals surface area contributed by atoms with Gasteiger partial charge in [0.2, 0.25) is 10.0 Å². The molecule has 0 saturated heterocycles. The summed E-state index contributed by atoms with van der Waals surface area (Å²) < 4.78 is 31.8. The van der Waals surface area contributed by atoms with Crippen molar-refractivity contribution in [3.63, 3.8) is 0 Å². The Labute approximate surface area is 135 Å². The number of nitrogens with two attached hydrogens (primary N) is 1. The molecular formula is C12H19Cl2N3O3S. The Bertz CT molecular complexity index is 558. The van der Waals surface area contributed by atoms with E-state index in [1.165, 1.54) is 12.1 Å². The number of nitrogens with zero attached hydrogens (tertiary/aromatic N) is 1. The van der Waals surface area contributed by atoms with Crippen LogP contribution in [0.15, 0.2) is 17.0 Å². The van der Waals surface area contributed by atoms with Gasteiger partial charge in [0.15, 0.2) is 0 Å². The second kappa shape index (κ2) is 8.17. The summed E-state index contributed by atoms with van der Waals surface area (Å²) in [6, 6.07) is 2.71. The van der Waals surface area contributed by atoms with Crippen LogP contribution in [-0.2, 0) is 14.8 Å². The van der Waals surface area contributed by atoms with Crippen LogP contribution in [0.1, 0.15) is 0 Å². The molecule has 0 aromatic heterocycles. The molecule has 6 nitrogen and oxygen atoms in total. The summed E-state index contributed by atoms with van der Waals surface area (Å²) in [4.78, 5) is 1.79. The molecule has 0 atom stereocenters. The summed E-state index contributed by atoms with van der Waals surface area (Å²) in [7, 11) is -0.298. The maximum atomic E-state index is 12.2. The molecule has 1 aromatic rings. The van der Waals surface area contributed by atoms with Gasteiger partial charge < -0.3 is 15.4 Å². The second-order valence-electron chi connectivity index (χ2n) is 4.51. The Balaban J connectivity index is 2.71. The average Bonchev–Trinajstić information content (AvgIpc) is 2.34. The third kappa shape index (κ3) is 5.61. The predicted molar refractivity (Wildman–Crippen MR) is 85.4 cm³/mol. The van der Waals surface area contributed by atoms with Gasteiger partial charge in [0, 0.05) is 32.4 Å². The highest BCUT2D eigenvalue weighted by Crippen LogP contribution is 2.31. The van der Waals surface area contributed by atoms with Gasteiger partial charge in [-0.25, -0.2) is 13.1 Å². The summed E-state index contributed by atoms with van der Waals surface area (Å²) in [5.41, 5.74) is 5.86. The van der Waals surface area contributed by atoms with Gasteiger partial charge in [0.25, 0.3) is 0 Å². The zero-order chi connectivity index (χ0) is 16.0. The molecule has 0 spiro atoms. The lowest BCUT2D eigenvalue weighted by Crippen LogP contribution is -2.34. The van der Waals surface area contributed by atoms with Crippen molar-refractivity contribution in [3.8, 4) is 0 Å². The minimum Gasteiger partial charge on any atom is -0.399 e. The van der Waals surface area contributed by atoms with E-state index in [0.717, 1.165) is 0 Å². The number of hydrogen-bond donors (Lipinski definition) is 2. The molecule has 120 valence electrons. The molecule has 3 N–H and O–H groups in total. The van der Waals surface area contributed by atoms with E-state index >= 15 is 0 Å². The Morgan fingerprint density at radius 3 is 2.38 bits per heavy atom. The Kier molecular flexibility index (Phi) is 7.19. The number of halogens is 2. The highest BCUT2D eigenvalue weighted by molar-refractivity contribution is 7.89. The topological polar surface area (TPSA) is 84.7 Å². The first kappa shape index (κ1) is 18.5. The number of rotatable bonds is 8. The highest BCUT2D eigenvalue weighted by Gasteiger charge is 2.22. The van der Waals surface area contributed by atoms with E-state index in [9.17, 15) is 8.42 Å². The fraction of sp³-hybridized carbons (Fsp3) is 0.500. The van der Waals surface area contributed by atoms with Crippen LogP contribution in [0.4, 0.5) is 5.69 Å². The fourth-order valence-electron chi connectivity index (χ4n) is 1.64. The Morgan fingerprint density at radius 2 is 1.86 bits per heavy atom. The van der Waals surface area contributed by atoms with Gasteiger partial charge >= 0.3 is 0 Å². The fourth-order valence-corrected chi connectivity index (χ4v) is 3.89. The van der Waals surface area contributed by atoms with Crippen molar-refractivity contribution in [2.24, 2.45) is 0 Å². The summed E-state index contributed by atoms with van der Waals surface area (Å²) >= 11 is 11.8. The van der Waals surface area contributed by atoms with Crippen LogP contribution < -0.4 is 10.5 Å². The van der Waals surface area contributed by atoms with Gasteiger partial charge in [-0.1, -0.05) is 23.2 Å². The van der Waals surface area contributed by atoms with Crippen molar-refractivity contribution in [3.05, 3.63) is 22.2 Å². The molecule has 0 aliphatic rings. The number of sulfonamides is 1. The van der Waals surface area contributed by atoms with Crippen LogP contribution in [0, 0.1) is 0 Å². The maximum absolute atomic E-state index is 12.2. The van der Waals surface area contributed by atoms with Crippen molar-refractivity contribution in [2.45, 2.75) is 4.90 Å². The van der Waals surface area contributed by atoms with E-state index in [1.54, 1.807) is 7.11 Å². The SMILES string of the molecule is COCCN(C)CCNS(=O)(=O)c1c(Cl)cc(N)cc1Cl. The molecule has 21 heavy (non-hydrogen) atoms. The Hall–Kier alpha value is -0.570. The minimum absolute atomic E-state index is 0.000220. The van der Waals surface area contributed by atoms with E-state index in [2.05, 4.69) is 4.72 Å². The molecule has 0 fully saturated rings. The summed E-state index contributed by atoms with van der Waals surface area (Å²) in [6.45, 7) is 2.06. The van der Waals surface area contributed by atoms with Crippen molar-refractivity contribution in [1.29, 1.82) is 0 Å². The van der Waals surface area contributed by atoms with Crippen LogP contribution >= 0.6 is 23.2 Å². The number of hydrogen-bond acceptors (Lipinski definition) is 5. The molecule has 0 amide bonds. The summed E-state index contributed by atoms with van der Waals surface area (Å²) in [5, 5.41) is 0.000440. The van der Waals surface area contributed by atoms with Gasteiger partial charge in [-0.2, -0.15) is 0 Å². The molecule has 1 rings (SSSR count). The van der Waals surface area contributed by atoms with Crippen LogP contribution in [-0.4, -0.2) is 53.7 Å². The number of benzene rings is 1. The van der Waals surface area contributed by atoms with Gasteiger partial charge in [0.05, 0.1) is 16.7 Å². The van der Waals surface area contributed by atoms with E-state index in [4.69, 9.17) is 33.7 Å². The van der Waals surface area contributed by atoms with E-state index in [0.29, 0.717) is 25.4 Å². The Morgan fingerprint density at radius 1 is 1.29 bits per heavy atom. The average molecular weight is 356 g/mol. The third-order valence-electron chi connectivity index (χ3n) is 2.75. The minimum atomic E-state index is -3.78. The number of nitrogens with one attached hydrogen (secondary N) is 1. The summed E-state index contributed by atoms with van der Waals surface area (Å²) in [6.07, 6.45) is 0. The van der Waals surface area contributed by atoms with Gasteiger partial charge in [-0.05, 0) is 19.2 Å². The van der Waals surface area contributed by atoms with Crippen LogP contribution in [0.3, 0.4) is 0 Å². The molecule has 9 heteroatoms. The standard InChI is InChI=1S/C12H19Cl2N3O3S/c1-17(5-6-20-2)4-3-16-21(18,19)12-10(13)7-9(15)8-11(12)14/h7-8,16H,3-6,15H2,1-2H3. The quantitative estimate of drug-likeness (QED) is 0.689. The molecular weight excluding hydrogens is 337 g/mol. The predicted octanol–water partition coefficient (Wildman–Crippen LogP) is 1.43. The van der Waals surface area contributed by atoms with Gasteiger partial charge in [0.1, 0.15) is 4.90 Å². The number of nitrogen functional groups attached to an aromatic ring is 1. The van der Waals surface area contributed by atoms with Crippen molar-refractivity contribution < 1.29 is 13.2 Å². The van der Waals surface area contributed by atoms with Crippen LogP contribution in [0.25, 0.3) is 0 Å². The van der Waals surface area contributed by atoms with Crippen molar-refractivity contribution in [2.75, 3.05) is 46.1 Å². The smallest absolute Gasteiger partial charge is 0.243 e. The largest absolute Gasteiger partial charge is 0.399 e. The lowest BCUT2D eigenvalue weighted by atomic mass is 10.3. The molecule has 0 bridgehead atoms. The molecule has 0 aliphatic carbocycles. The molecule has 1 aromatic carbocycles. The summed E-state index contributed by atoms with van der Waals surface area (Å²) in [5.74, 6) is 0. The first-order valence-electron chi connectivity index (χ1n) is 6.19. The van der Waals surface area contributed by atoms with Crippen molar-refractivity contribution in [1.82, 2.24) is 9.62 Å². The molecule has 0 unspecified atom stereocenters. The number of methoxy groups -OCH3 is 1. The number of anilines is 1.